The Morgan fingerprint density at radius 2 is 2.06 bits per heavy atom. The number of halogens is 1. The molecule has 4 heterocycles. The second-order valence-electron chi connectivity index (χ2n) is 7.15. The number of nitrogens with one attached hydrogen (secondary N) is 2. The Kier molecular flexibility index (Phi) is 5.65. The van der Waals surface area contributed by atoms with Crippen LogP contribution in [0.3, 0.4) is 0 Å². The minimum absolute atomic E-state index is 0.0674. The fourth-order valence-corrected chi connectivity index (χ4v) is 5.10. The van der Waals surface area contributed by atoms with E-state index in [2.05, 4.69) is 30.7 Å². The van der Waals surface area contributed by atoms with E-state index in [4.69, 9.17) is 0 Å². The lowest BCUT2D eigenvalue weighted by Crippen LogP contribution is -2.13. The molecule has 5 aromatic rings. The quantitative estimate of drug-likeness (QED) is 0.261. The predicted octanol–water partition coefficient (Wildman–Crippen LogP) is 5.05. The van der Waals surface area contributed by atoms with Gasteiger partial charge in [-0.1, -0.05) is 36.1 Å². The maximum absolute atomic E-state index is 14.9. The molecule has 1 aromatic carbocycles. The van der Waals surface area contributed by atoms with Gasteiger partial charge in [0.05, 0.1) is 23.7 Å². The van der Waals surface area contributed by atoms with E-state index in [-0.39, 0.29) is 5.56 Å². The van der Waals surface area contributed by atoms with Crippen molar-refractivity contribution in [1.29, 1.82) is 0 Å². The van der Waals surface area contributed by atoms with Crippen LogP contribution in [0.2, 0.25) is 0 Å². The summed E-state index contributed by atoms with van der Waals surface area (Å²) >= 11 is 2.79. The third-order valence-corrected chi connectivity index (χ3v) is 6.90. The lowest BCUT2D eigenvalue weighted by molar-refractivity contribution is 0.102. The topological polar surface area (TPSA) is 101 Å². The molecular weight excluding hydrogens is 461 g/mol. The van der Waals surface area contributed by atoms with Gasteiger partial charge in [-0.2, -0.15) is 5.10 Å². The molecule has 0 aliphatic carbocycles. The summed E-state index contributed by atoms with van der Waals surface area (Å²) in [5.74, 6) is -0.348. The summed E-state index contributed by atoms with van der Waals surface area (Å²) in [5, 5.41) is 17.9. The molecular formula is C22H18FN7OS2. The number of H-pyrrole nitrogens is 1. The summed E-state index contributed by atoms with van der Waals surface area (Å²) in [7, 11) is 0. The Balaban J connectivity index is 1.44. The number of pyridine rings is 1. The molecule has 0 saturated heterocycles. The third-order valence-electron chi connectivity index (χ3n) is 5.05. The molecule has 0 aliphatic rings. The van der Waals surface area contributed by atoms with Gasteiger partial charge in [0, 0.05) is 28.6 Å². The Morgan fingerprint density at radius 3 is 2.82 bits per heavy atom. The zero-order valence-corrected chi connectivity index (χ0v) is 19.3. The SMILES string of the molecule is CCSc1nnc(NC(=O)c2ccc(-c3cnc4ccc(-c5cn[nH]c5C)cn34)cc2F)s1. The number of carbonyl (C=O) groups excluding carboxylic acids is 1. The van der Waals surface area contributed by atoms with Crippen LogP contribution in [0, 0.1) is 12.7 Å². The molecule has 1 amide bonds. The number of aromatic amines is 1. The molecule has 4 aromatic heterocycles. The first-order chi connectivity index (χ1) is 16.0. The Labute approximate surface area is 196 Å². The number of rotatable bonds is 6. The number of imidazole rings is 1. The van der Waals surface area contributed by atoms with Gasteiger partial charge in [-0.3, -0.25) is 19.6 Å². The van der Waals surface area contributed by atoms with Gasteiger partial charge in [0.15, 0.2) is 4.34 Å². The van der Waals surface area contributed by atoms with Gasteiger partial charge >= 0.3 is 0 Å². The zero-order chi connectivity index (χ0) is 22.9. The van der Waals surface area contributed by atoms with E-state index >= 15 is 0 Å². The van der Waals surface area contributed by atoms with Gasteiger partial charge in [0.25, 0.3) is 5.91 Å². The maximum atomic E-state index is 14.9. The standard InChI is InChI=1S/C22H18FN7OS2/c1-3-32-22-29-28-21(33-22)26-20(31)15-6-4-13(8-17(15)23)18-10-24-19-7-5-14(11-30(18)19)16-9-25-27-12(16)2/h4-11H,3H2,1-2H3,(H,25,27)(H,26,28,31). The fourth-order valence-electron chi connectivity index (χ4n) is 3.46. The average Bonchev–Trinajstić information content (AvgIpc) is 3.53. The molecule has 0 aliphatic heterocycles. The summed E-state index contributed by atoms with van der Waals surface area (Å²) < 4.78 is 17.6. The van der Waals surface area contributed by atoms with Crippen molar-refractivity contribution >= 4 is 39.8 Å². The van der Waals surface area contributed by atoms with Crippen LogP contribution in [0.1, 0.15) is 23.0 Å². The largest absolute Gasteiger partial charge is 0.299 e. The summed E-state index contributed by atoms with van der Waals surface area (Å²) in [6, 6.07) is 8.38. The highest BCUT2D eigenvalue weighted by atomic mass is 32.2. The number of thioether (sulfide) groups is 1. The molecule has 0 radical (unpaired) electrons. The van der Waals surface area contributed by atoms with Gasteiger partial charge in [-0.25, -0.2) is 9.37 Å². The summed E-state index contributed by atoms with van der Waals surface area (Å²) in [4.78, 5) is 17.0. The molecule has 0 spiro atoms. The predicted molar refractivity (Wildman–Crippen MR) is 127 cm³/mol. The number of hydrogen-bond donors (Lipinski definition) is 2. The van der Waals surface area contributed by atoms with Crippen LogP contribution >= 0.6 is 23.1 Å². The van der Waals surface area contributed by atoms with E-state index in [0.717, 1.165) is 32.6 Å². The van der Waals surface area contributed by atoms with Crippen molar-refractivity contribution in [1.82, 2.24) is 29.8 Å². The molecule has 166 valence electrons. The van der Waals surface area contributed by atoms with Gasteiger partial charge in [-0.15, -0.1) is 10.2 Å². The zero-order valence-electron chi connectivity index (χ0n) is 17.7. The van der Waals surface area contributed by atoms with Crippen LogP contribution in [-0.2, 0) is 0 Å². The first-order valence-electron chi connectivity index (χ1n) is 10.1. The van der Waals surface area contributed by atoms with Crippen molar-refractivity contribution in [3.8, 4) is 22.4 Å². The maximum Gasteiger partial charge on any atom is 0.260 e. The lowest BCUT2D eigenvalue weighted by atomic mass is 10.1. The van der Waals surface area contributed by atoms with Crippen molar-refractivity contribution in [3.05, 3.63) is 66.0 Å². The molecule has 0 bridgehead atoms. The number of anilines is 1. The first-order valence-corrected chi connectivity index (χ1v) is 11.9. The Hall–Kier alpha value is -3.57. The van der Waals surface area contributed by atoms with Crippen molar-refractivity contribution in [2.45, 2.75) is 18.2 Å². The molecule has 0 unspecified atom stereocenters. The fraction of sp³-hybridized carbons (Fsp3) is 0.136. The number of hydrogen-bond acceptors (Lipinski definition) is 7. The number of amides is 1. The summed E-state index contributed by atoms with van der Waals surface area (Å²) in [6.45, 7) is 3.95. The molecule has 5 rings (SSSR count). The van der Waals surface area contributed by atoms with Crippen molar-refractivity contribution in [2.24, 2.45) is 0 Å². The van der Waals surface area contributed by atoms with Crippen LogP contribution in [0.5, 0.6) is 0 Å². The van der Waals surface area contributed by atoms with Crippen molar-refractivity contribution in [3.63, 3.8) is 0 Å². The van der Waals surface area contributed by atoms with E-state index in [9.17, 15) is 9.18 Å². The van der Waals surface area contributed by atoms with E-state index in [1.807, 2.05) is 36.6 Å². The van der Waals surface area contributed by atoms with Gasteiger partial charge in [0.2, 0.25) is 5.13 Å². The van der Waals surface area contributed by atoms with Gasteiger partial charge < -0.3 is 0 Å². The van der Waals surface area contributed by atoms with Crippen LogP contribution in [-0.4, -0.2) is 41.4 Å². The Morgan fingerprint density at radius 1 is 1.21 bits per heavy atom. The number of aryl methyl sites for hydroxylation is 1. The highest BCUT2D eigenvalue weighted by Gasteiger charge is 2.17. The lowest BCUT2D eigenvalue weighted by Gasteiger charge is -2.07. The minimum Gasteiger partial charge on any atom is -0.299 e. The first kappa shape index (κ1) is 21.3. The number of carbonyl (C=O) groups is 1. The van der Waals surface area contributed by atoms with Crippen molar-refractivity contribution in [2.75, 3.05) is 11.1 Å². The van der Waals surface area contributed by atoms with E-state index in [0.29, 0.717) is 16.4 Å². The van der Waals surface area contributed by atoms with Crippen molar-refractivity contribution < 1.29 is 9.18 Å². The Bertz CT molecular complexity index is 1470. The van der Waals surface area contributed by atoms with Gasteiger partial charge in [-0.05, 0) is 36.9 Å². The molecule has 0 fully saturated rings. The minimum atomic E-state index is -0.630. The average molecular weight is 480 g/mol. The van der Waals surface area contributed by atoms with Crippen LogP contribution in [0.25, 0.3) is 28.0 Å². The van der Waals surface area contributed by atoms with E-state index < -0.39 is 11.7 Å². The summed E-state index contributed by atoms with van der Waals surface area (Å²) in [6.07, 6.45) is 5.39. The van der Waals surface area contributed by atoms with Crippen LogP contribution in [0.15, 0.2) is 53.3 Å². The molecule has 33 heavy (non-hydrogen) atoms. The normalized spacial score (nSPS) is 11.2. The monoisotopic (exact) mass is 479 g/mol. The second kappa shape index (κ2) is 8.75. The molecule has 11 heteroatoms. The van der Waals surface area contributed by atoms with Crippen LogP contribution < -0.4 is 5.32 Å². The summed E-state index contributed by atoms with van der Waals surface area (Å²) in [5.41, 5.74) is 4.87. The highest BCUT2D eigenvalue weighted by molar-refractivity contribution is 8.01. The van der Waals surface area contributed by atoms with E-state index in [1.165, 1.54) is 35.2 Å². The smallest absolute Gasteiger partial charge is 0.260 e. The number of aromatic nitrogens is 6. The molecule has 2 N–H and O–H groups in total. The number of nitrogens with zero attached hydrogens (tertiary/aromatic N) is 5. The van der Waals surface area contributed by atoms with Crippen LogP contribution in [0.4, 0.5) is 9.52 Å². The highest BCUT2D eigenvalue weighted by Crippen LogP contribution is 2.28. The number of benzene rings is 1. The van der Waals surface area contributed by atoms with Gasteiger partial charge in [0.1, 0.15) is 11.5 Å². The molecule has 8 nitrogen and oxygen atoms in total. The third kappa shape index (κ3) is 4.12. The van der Waals surface area contributed by atoms with E-state index in [1.54, 1.807) is 18.5 Å². The molecule has 0 atom stereocenters. The second-order valence-corrected chi connectivity index (χ2v) is 9.64. The number of fused-ring (bicyclic) bond motifs is 1. The molecule has 0 saturated carbocycles.